The van der Waals surface area contributed by atoms with Crippen molar-refractivity contribution in [2.24, 2.45) is 17.8 Å². The molecular formula is C13H18N6. The molecule has 0 saturated heterocycles. The van der Waals surface area contributed by atoms with E-state index >= 15 is 0 Å². The first-order valence-electron chi connectivity index (χ1n) is 6.17. The molecule has 19 heavy (non-hydrogen) atoms. The number of aliphatic imine (C=N–C) groups is 1. The van der Waals surface area contributed by atoms with Crippen LogP contribution in [-0.2, 0) is 20.0 Å². The Labute approximate surface area is 112 Å². The Morgan fingerprint density at radius 1 is 1.37 bits per heavy atom. The van der Waals surface area contributed by atoms with Crippen molar-refractivity contribution in [1.29, 1.82) is 0 Å². The van der Waals surface area contributed by atoms with Crippen LogP contribution in [0.15, 0.2) is 35.6 Å². The topological polar surface area (TPSA) is 81.1 Å². The van der Waals surface area contributed by atoms with E-state index in [1.807, 2.05) is 19.2 Å². The number of guanidine groups is 1. The zero-order valence-electron chi connectivity index (χ0n) is 11.2. The highest BCUT2D eigenvalue weighted by atomic mass is 15.3. The van der Waals surface area contributed by atoms with Gasteiger partial charge in [0.25, 0.3) is 0 Å². The third kappa shape index (κ3) is 3.80. The number of hydrogen-bond acceptors (Lipinski definition) is 3. The molecule has 1 heterocycles. The Morgan fingerprint density at radius 3 is 2.68 bits per heavy atom. The van der Waals surface area contributed by atoms with Crippen LogP contribution in [0, 0.1) is 0 Å². The van der Waals surface area contributed by atoms with Crippen LogP contribution in [0.4, 0.5) is 5.69 Å². The van der Waals surface area contributed by atoms with Crippen LogP contribution >= 0.6 is 0 Å². The van der Waals surface area contributed by atoms with Crippen molar-refractivity contribution in [3.63, 3.8) is 0 Å². The van der Waals surface area contributed by atoms with Crippen LogP contribution in [-0.4, -0.2) is 20.7 Å². The summed E-state index contributed by atoms with van der Waals surface area (Å²) in [5, 5.41) is 7.16. The average molecular weight is 258 g/mol. The molecule has 0 saturated carbocycles. The molecule has 6 nitrogen and oxygen atoms in total. The Kier molecular flexibility index (Phi) is 4.12. The smallest absolute Gasteiger partial charge is 0.193 e. The second kappa shape index (κ2) is 5.99. The van der Waals surface area contributed by atoms with Crippen LogP contribution in [0.25, 0.3) is 0 Å². The van der Waals surface area contributed by atoms with E-state index in [0.29, 0.717) is 18.3 Å². The van der Waals surface area contributed by atoms with E-state index in [2.05, 4.69) is 39.4 Å². The number of benzene rings is 1. The number of nitrogens with one attached hydrogen (secondary N) is 1. The summed E-state index contributed by atoms with van der Waals surface area (Å²) in [4.78, 5) is 8.27. The average Bonchev–Trinajstić information content (AvgIpc) is 2.83. The summed E-state index contributed by atoms with van der Waals surface area (Å²) in [5.74, 6) is 1.00. The second-order valence-corrected chi connectivity index (χ2v) is 4.21. The standard InChI is InChI=1S/C13H18N6/c1-3-10-4-6-11(7-5-10)17-13(14)15-8-12-16-9-19(2)18-12/h4-7,9H,3,8H2,1-2H3,(H3,14,15,17). The fourth-order valence-corrected chi connectivity index (χ4v) is 1.62. The van der Waals surface area contributed by atoms with Gasteiger partial charge in [0.15, 0.2) is 11.8 Å². The van der Waals surface area contributed by atoms with Crippen molar-refractivity contribution < 1.29 is 0 Å². The lowest BCUT2D eigenvalue weighted by atomic mass is 10.1. The number of aryl methyl sites for hydroxylation is 2. The summed E-state index contributed by atoms with van der Waals surface area (Å²) in [6, 6.07) is 8.10. The minimum atomic E-state index is 0.358. The van der Waals surface area contributed by atoms with Crippen molar-refractivity contribution in [3.8, 4) is 0 Å². The van der Waals surface area contributed by atoms with Crippen LogP contribution in [0.2, 0.25) is 0 Å². The van der Waals surface area contributed by atoms with Crippen molar-refractivity contribution in [2.45, 2.75) is 19.9 Å². The first kappa shape index (κ1) is 13.1. The molecule has 2 aromatic rings. The predicted octanol–water partition coefficient (Wildman–Crippen LogP) is 1.30. The largest absolute Gasteiger partial charge is 0.370 e. The zero-order valence-corrected chi connectivity index (χ0v) is 11.2. The molecule has 0 aliphatic carbocycles. The van der Waals surface area contributed by atoms with E-state index in [1.54, 1.807) is 11.0 Å². The van der Waals surface area contributed by atoms with Crippen molar-refractivity contribution >= 4 is 11.6 Å². The number of nitrogens with two attached hydrogens (primary N) is 1. The highest BCUT2D eigenvalue weighted by Crippen LogP contribution is 2.09. The fraction of sp³-hybridized carbons (Fsp3) is 0.308. The quantitative estimate of drug-likeness (QED) is 0.640. The summed E-state index contributed by atoms with van der Waals surface area (Å²) in [6.07, 6.45) is 2.66. The summed E-state index contributed by atoms with van der Waals surface area (Å²) >= 11 is 0. The number of nitrogens with zero attached hydrogens (tertiary/aromatic N) is 4. The molecule has 0 radical (unpaired) electrons. The maximum atomic E-state index is 5.81. The summed E-state index contributed by atoms with van der Waals surface area (Å²) in [7, 11) is 1.82. The van der Waals surface area contributed by atoms with Gasteiger partial charge in [0, 0.05) is 12.7 Å². The van der Waals surface area contributed by atoms with E-state index in [4.69, 9.17) is 5.73 Å². The van der Waals surface area contributed by atoms with Gasteiger partial charge in [0.2, 0.25) is 0 Å². The highest BCUT2D eigenvalue weighted by molar-refractivity contribution is 5.92. The van der Waals surface area contributed by atoms with Gasteiger partial charge >= 0.3 is 0 Å². The normalized spacial score (nSPS) is 11.6. The third-order valence-corrected chi connectivity index (χ3v) is 2.67. The van der Waals surface area contributed by atoms with Crippen LogP contribution < -0.4 is 11.1 Å². The number of hydrogen-bond donors (Lipinski definition) is 2. The Morgan fingerprint density at radius 2 is 2.11 bits per heavy atom. The third-order valence-electron chi connectivity index (χ3n) is 2.67. The Balaban J connectivity index is 1.93. The monoisotopic (exact) mass is 258 g/mol. The molecule has 0 aliphatic heterocycles. The van der Waals surface area contributed by atoms with E-state index in [1.165, 1.54) is 5.56 Å². The SMILES string of the molecule is CCc1ccc(NC(N)=NCc2ncn(C)n2)cc1. The molecule has 6 heteroatoms. The van der Waals surface area contributed by atoms with E-state index in [0.717, 1.165) is 12.1 Å². The van der Waals surface area contributed by atoms with Gasteiger partial charge in [-0.1, -0.05) is 19.1 Å². The van der Waals surface area contributed by atoms with Crippen molar-refractivity contribution in [1.82, 2.24) is 14.8 Å². The van der Waals surface area contributed by atoms with Crippen molar-refractivity contribution in [2.75, 3.05) is 5.32 Å². The van der Waals surface area contributed by atoms with Gasteiger partial charge in [0.1, 0.15) is 12.9 Å². The summed E-state index contributed by atoms with van der Waals surface area (Å²) < 4.78 is 1.64. The van der Waals surface area contributed by atoms with Gasteiger partial charge in [-0.3, -0.25) is 4.68 Å². The van der Waals surface area contributed by atoms with Gasteiger partial charge in [-0.15, -0.1) is 0 Å². The van der Waals surface area contributed by atoms with E-state index in [-0.39, 0.29) is 0 Å². The summed E-state index contributed by atoms with van der Waals surface area (Å²) in [6.45, 7) is 2.49. The molecule has 0 fully saturated rings. The van der Waals surface area contributed by atoms with Crippen LogP contribution in [0.5, 0.6) is 0 Å². The van der Waals surface area contributed by atoms with E-state index in [9.17, 15) is 0 Å². The molecule has 0 atom stereocenters. The van der Waals surface area contributed by atoms with Gasteiger partial charge in [-0.2, -0.15) is 5.10 Å². The van der Waals surface area contributed by atoms with Gasteiger partial charge in [-0.25, -0.2) is 9.98 Å². The second-order valence-electron chi connectivity index (χ2n) is 4.21. The molecule has 0 amide bonds. The van der Waals surface area contributed by atoms with Gasteiger partial charge in [-0.05, 0) is 24.1 Å². The molecule has 0 spiro atoms. The first-order valence-corrected chi connectivity index (χ1v) is 6.17. The number of rotatable bonds is 4. The molecule has 1 aromatic heterocycles. The first-order chi connectivity index (χ1) is 9.17. The minimum absolute atomic E-state index is 0.358. The minimum Gasteiger partial charge on any atom is -0.370 e. The molecular weight excluding hydrogens is 240 g/mol. The molecule has 0 bridgehead atoms. The predicted molar refractivity (Wildman–Crippen MR) is 75.8 cm³/mol. The molecule has 0 aliphatic rings. The molecule has 2 rings (SSSR count). The molecule has 3 N–H and O–H groups in total. The van der Waals surface area contributed by atoms with E-state index < -0.39 is 0 Å². The van der Waals surface area contributed by atoms with Crippen LogP contribution in [0.3, 0.4) is 0 Å². The molecule has 1 aromatic carbocycles. The maximum Gasteiger partial charge on any atom is 0.193 e. The van der Waals surface area contributed by atoms with Gasteiger partial charge in [0.05, 0.1) is 0 Å². The number of anilines is 1. The molecule has 100 valence electrons. The lowest BCUT2D eigenvalue weighted by Crippen LogP contribution is -2.22. The molecule has 0 unspecified atom stereocenters. The summed E-state index contributed by atoms with van der Waals surface area (Å²) in [5.41, 5.74) is 8.02. The Hall–Kier alpha value is -2.37. The van der Waals surface area contributed by atoms with Gasteiger partial charge < -0.3 is 11.1 Å². The highest BCUT2D eigenvalue weighted by Gasteiger charge is 1.99. The van der Waals surface area contributed by atoms with Crippen LogP contribution in [0.1, 0.15) is 18.3 Å². The lowest BCUT2D eigenvalue weighted by molar-refractivity contribution is 0.742. The lowest BCUT2D eigenvalue weighted by Gasteiger charge is -2.05. The fourth-order valence-electron chi connectivity index (χ4n) is 1.62. The van der Waals surface area contributed by atoms with Crippen molar-refractivity contribution in [3.05, 3.63) is 42.0 Å². The zero-order chi connectivity index (χ0) is 13.7. The number of aromatic nitrogens is 3. The Bertz CT molecular complexity index is 555. The maximum absolute atomic E-state index is 5.81.